The van der Waals surface area contributed by atoms with Gasteiger partial charge < -0.3 is 20.1 Å². The number of carbonyl (C=O) groups is 3. The molecule has 0 aliphatic carbocycles. The molecule has 0 aliphatic rings. The minimum Gasteiger partial charge on any atom is -0.449 e. The SMILES string of the molecule is COCCNC(=O)CSc1ccccc1C(=O)OC(C)C(=O)NCC(C)C. The first-order valence-corrected chi connectivity index (χ1v) is 9.79. The predicted molar refractivity (Wildman–Crippen MR) is 105 cm³/mol. The summed E-state index contributed by atoms with van der Waals surface area (Å²) in [6, 6.07) is 6.85. The van der Waals surface area contributed by atoms with E-state index in [4.69, 9.17) is 9.47 Å². The molecule has 0 bridgehead atoms. The van der Waals surface area contributed by atoms with E-state index in [2.05, 4.69) is 10.6 Å². The lowest BCUT2D eigenvalue weighted by Crippen LogP contribution is -2.37. The summed E-state index contributed by atoms with van der Waals surface area (Å²) in [6.45, 7) is 6.89. The van der Waals surface area contributed by atoms with Crippen molar-refractivity contribution in [1.29, 1.82) is 0 Å². The van der Waals surface area contributed by atoms with Gasteiger partial charge in [-0.1, -0.05) is 26.0 Å². The number of carbonyl (C=O) groups excluding carboxylic acids is 3. The second kappa shape index (κ2) is 12.3. The second-order valence-corrected chi connectivity index (χ2v) is 7.33. The monoisotopic (exact) mass is 396 g/mol. The van der Waals surface area contributed by atoms with Gasteiger partial charge in [0.1, 0.15) is 0 Å². The molecular formula is C19H28N2O5S. The van der Waals surface area contributed by atoms with Crippen molar-refractivity contribution in [2.45, 2.75) is 31.8 Å². The zero-order chi connectivity index (χ0) is 20.2. The minimum atomic E-state index is -0.897. The Morgan fingerprint density at radius 2 is 1.81 bits per heavy atom. The molecule has 0 radical (unpaired) electrons. The smallest absolute Gasteiger partial charge is 0.340 e. The molecular weight excluding hydrogens is 368 g/mol. The van der Waals surface area contributed by atoms with Crippen LogP contribution in [0.25, 0.3) is 0 Å². The van der Waals surface area contributed by atoms with E-state index < -0.39 is 12.1 Å². The Kier molecular flexibility index (Phi) is 10.5. The number of rotatable bonds is 11. The number of nitrogens with one attached hydrogen (secondary N) is 2. The third-order valence-corrected chi connectivity index (χ3v) is 4.51. The van der Waals surface area contributed by atoms with Crippen molar-refractivity contribution in [3.63, 3.8) is 0 Å². The molecule has 1 aromatic carbocycles. The summed E-state index contributed by atoms with van der Waals surface area (Å²) >= 11 is 1.24. The van der Waals surface area contributed by atoms with Crippen LogP contribution in [0.15, 0.2) is 29.2 Å². The fourth-order valence-corrected chi connectivity index (χ4v) is 2.84. The maximum atomic E-state index is 12.4. The summed E-state index contributed by atoms with van der Waals surface area (Å²) in [6.07, 6.45) is -0.897. The molecule has 2 amide bonds. The van der Waals surface area contributed by atoms with Crippen LogP contribution in [0.5, 0.6) is 0 Å². The Hall–Kier alpha value is -2.06. The van der Waals surface area contributed by atoms with Crippen LogP contribution < -0.4 is 10.6 Å². The number of benzene rings is 1. The molecule has 8 heteroatoms. The molecule has 1 unspecified atom stereocenters. The van der Waals surface area contributed by atoms with Crippen LogP contribution in [0.3, 0.4) is 0 Å². The Morgan fingerprint density at radius 1 is 1.11 bits per heavy atom. The molecule has 1 aromatic rings. The fourth-order valence-electron chi connectivity index (χ4n) is 1.97. The van der Waals surface area contributed by atoms with E-state index in [-0.39, 0.29) is 17.6 Å². The molecule has 2 N–H and O–H groups in total. The van der Waals surface area contributed by atoms with Gasteiger partial charge in [0.25, 0.3) is 5.91 Å². The molecule has 150 valence electrons. The number of hydrogen-bond donors (Lipinski definition) is 2. The van der Waals surface area contributed by atoms with Gasteiger partial charge in [-0.3, -0.25) is 9.59 Å². The molecule has 0 aliphatic heterocycles. The lowest BCUT2D eigenvalue weighted by molar-refractivity contribution is -0.129. The van der Waals surface area contributed by atoms with Crippen LogP contribution in [-0.4, -0.2) is 56.4 Å². The number of esters is 1. The summed E-state index contributed by atoms with van der Waals surface area (Å²) in [5.41, 5.74) is 0.329. The molecule has 0 saturated heterocycles. The van der Waals surface area contributed by atoms with Crippen molar-refractivity contribution >= 4 is 29.5 Å². The number of methoxy groups -OCH3 is 1. The summed E-state index contributed by atoms with van der Waals surface area (Å²) in [7, 11) is 1.56. The average Bonchev–Trinajstić information content (AvgIpc) is 2.64. The standard InChI is InChI=1S/C19H28N2O5S/c1-13(2)11-21-18(23)14(3)26-19(24)15-7-5-6-8-16(15)27-12-17(22)20-9-10-25-4/h5-8,13-14H,9-12H2,1-4H3,(H,20,22)(H,21,23). The highest BCUT2D eigenvalue weighted by Gasteiger charge is 2.21. The first kappa shape index (κ1) is 23.0. The first-order chi connectivity index (χ1) is 12.8. The van der Waals surface area contributed by atoms with Crippen LogP contribution in [0.2, 0.25) is 0 Å². The topological polar surface area (TPSA) is 93.7 Å². The number of amides is 2. The Labute approximate surface area is 164 Å². The number of thioether (sulfide) groups is 1. The second-order valence-electron chi connectivity index (χ2n) is 6.31. The van der Waals surface area contributed by atoms with Gasteiger partial charge in [-0.15, -0.1) is 11.8 Å². The Morgan fingerprint density at radius 3 is 2.48 bits per heavy atom. The van der Waals surface area contributed by atoms with Crippen LogP contribution in [-0.2, 0) is 19.1 Å². The van der Waals surface area contributed by atoms with E-state index in [1.54, 1.807) is 31.4 Å². The summed E-state index contributed by atoms with van der Waals surface area (Å²) in [5, 5.41) is 5.45. The van der Waals surface area contributed by atoms with Gasteiger partial charge in [-0.2, -0.15) is 0 Å². The molecule has 0 saturated carbocycles. The van der Waals surface area contributed by atoms with Crippen LogP contribution in [0, 0.1) is 5.92 Å². The molecule has 1 rings (SSSR count). The van der Waals surface area contributed by atoms with Crippen molar-refractivity contribution in [2.75, 3.05) is 32.6 Å². The average molecular weight is 397 g/mol. The van der Waals surface area contributed by atoms with E-state index in [0.29, 0.717) is 36.1 Å². The number of hydrogen-bond acceptors (Lipinski definition) is 6. The van der Waals surface area contributed by atoms with Crippen LogP contribution in [0.1, 0.15) is 31.1 Å². The van der Waals surface area contributed by atoms with Crippen LogP contribution in [0.4, 0.5) is 0 Å². The van der Waals surface area contributed by atoms with E-state index in [0.717, 1.165) is 0 Å². The number of ether oxygens (including phenoxy) is 2. The van der Waals surface area contributed by atoms with Crippen molar-refractivity contribution in [3.8, 4) is 0 Å². The van der Waals surface area contributed by atoms with Crippen LogP contribution >= 0.6 is 11.8 Å². The van der Waals surface area contributed by atoms with Crippen molar-refractivity contribution in [1.82, 2.24) is 10.6 Å². The van der Waals surface area contributed by atoms with E-state index in [1.165, 1.54) is 18.7 Å². The van der Waals surface area contributed by atoms with Crippen molar-refractivity contribution in [2.24, 2.45) is 5.92 Å². The lowest BCUT2D eigenvalue weighted by Gasteiger charge is -2.15. The maximum Gasteiger partial charge on any atom is 0.340 e. The maximum absolute atomic E-state index is 12.4. The van der Waals surface area contributed by atoms with Gasteiger partial charge in [0.05, 0.1) is 17.9 Å². The molecule has 0 fully saturated rings. The minimum absolute atomic E-state index is 0.151. The van der Waals surface area contributed by atoms with Crippen molar-refractivity contribution < 1.29 is 23.9 Å². The summed E-state index contributed by atoms with van der Waals surface area (Å²) in [4.78, 5) is 36.9. The van der Waals surface area contributed by atoms with Gasteiger partial charge in [0.2, 0.25) is 5.91 Å². The Bertz CT molecular complexity index is 636. The normalized spacial score (nSPS) is 11.7. The molecule has 7 nitrogen and oxygen atoms in total. The van der Waals surface area contributed by atoms with Gasteiger partial charge in [0.15, 0.2) is 6.10 Å². The molecule has 27 heavy (non-hydrogen) atoms. The zero-order valence-electron chi connectivity index (χ0n) is 16.2. The molecule has 0 spiro atoms. The molecule has 1 atom stereocenters. The highest BCUT2D eigenvalue weighted by molar-refractivity contribution is 8.00. The Balaban J connectivity index is 2.62. The lowest BCUT2D eigenvalue weighted by atomic mass is 10.2. The quantitative estimate of drug-likeness (QED) is 0.337. The highest BCUT2D eigenvalue weighted by atomic mass is 32.2. The summed E-state index contributed by atoms with van der Waals surface area (Å²) in [5.74, 6) is -0.603. The zero-order valence-corrected chi connectivity index (χ0v) is 17.1. The largest absolute Gasteiger partial charge is 0.449 e. The van der Waals surface area contributed by atoms with Gasteiger partial charge in [-0.25, -0.2) is 4.79 Å². The van der Waals surface area contributed by atoms with E-state index in [9.17, 15) is 14.4 Å². The first-order valence-electron chi connectivity index (χ1n) is 8.81. The van der Waals surface area contributed by atoms with Gasteiger partial charge in [-0.05, 0) is 25.0 Å². The van der Waals surface area contributed by atoms with Gasteiger partial charge in [0, 0.05) is 25.1 Å². The third-order valence-electron chi connectivity index (χ3n) is 3.43. The van der Waals surface area contributed by atoms with E-state index in [1.807, 2.05) is 13.8 Å². The third kappa shape index (κ3) is 8.92. The van der Waals surface area contributed by atoms with Crippen molar-refractivity contribution in [3.05, 3.63) is 29.8 Å². The predicted octanol–water partition coefficient (Wildman–Crippen LogP) is 1.86. The fraction of sp³-hybridized carbons (Fsp3) is 0.526. The van der Waals surface area contributed by atoms with Gasteiger partial charge >= 0.3 is 5.97 Å². The highest BCUT2D eigenvalue weighted by Crippen LogP contribution is 2.23. The molecule has 0 heterocycles. The molecule has 0 aromatic heterocycles. The van der Waals surface area contributed by atoms with E-state index >= 15 is 0 Å². The summed E-state index contributed by atoms with van der Waals surface area (Å²) < 4.78 is 10.2.